The quantitative estimate of drug-likeness (QED) is 0.905. The van der Waals surface area contributed by atoms with Gasteiger partial charge >= 0.3 is 0 Å². The van der Waals surface area contributed by atoms with Crippen LogP contribution < -0.4 is 10.5 Å². The van der Waals surface area contributed by atoms with Crippen LogP contribution in [0, 0.1) is 6.92 Å². The molecule has 24 heavy (non-hydrogen) atoms. The van der Waals surface area contributed by atoms with E-state index in [9.17, 15) is 4.79 Å². The highest BCUT2D eigenvalue weighted by Crippen LogP contribution is 2.37. The molecule has 0 aromatic carbocycles. The number of hydrogen-bond acceptors (Lipinski definition) is 6. The molecular formula is C17H22N6O. The lowest BCUT2D eigenvalue weighted by Crippen LogP contribution is -2.46. The van der Waals surface area contributed by atoms with E-state index in [1.807, 2.05) is 19.2 Å². The Morgan fingerprint density at radius 3 is 2.71 bits per heavy atom. The maximum Gasteiger partial charge on any atom is 0.251 e. The third-order valence-corrected chi connectivity index (χ3v) is 4.62. The van der Waals surface area contributed by atoms with E-state index in [2.05, 4.69) is 29.7 Å². The number of nitrogens with one attached hydrogen (secondary N) is 1. The van der Waals surface area contributed by atoms with Crippen LogP contribution in [0.2, 0.25) is 0 Å². The monoisotopic (exact) mass is 326 g/mol. The largest absolute Gasteiger partial charge is 0.354 e. The van der Waals surface area contributed by atoms with Gasteiger partial charge in [-0.25, -0.2) is 15.0 Å². The van der Waals surface area contributed by atoms with Crippen LogP contribution in [-0.2, 0) is 6.54 Å². The van der Waals surface area contributed by atoms with Crippen molar-refractivity contribution in [1.29, 1.82) is 0 Å². The van der Waals surface area contributed by atoms with Crippen LogP contribution in [0.1, 0.15) is 36.1 Å². The van der Waals surface area contributed by atoms with E-state index in [1.54, 1.807) is 6.07 Å². The Hall–Kier alpha value is -2.28. The first kappa shape index (κ1) is 15.3. The highest BCUT2D eigenvalue weighted by molar-refractivity contribution is 5.37. The number of nitrogens with zero attached hydrogens (tertiary/aromatic N) is 5. The van der Waals surface area contributed by atoms with E-state index >= 15 is 0 Å². The van der Waals surface area contributed by atoms with E-state index in [0.717, 1.165) is 68.7 Å². The van der Waals surface area contributed by atoms with Gasteiger partial charge in [0.15, 0.2) is 0 Å². The molecule has 0 spiro atoms. The second-order valence-electron chi connectivity index (χ2n) is 6.62. The molecule has 1 aliphatic carbocycles. The van der Waals surface area contributed by atoms with Gasteiger partial charge in [-0.3, -0.25) is 9.69 Å². The molecule has 2 aromatic heterocycles. The SMILES string of the molecule is Cc1nccc(N2CCN(Cc3cc(=O)[nH]c(C4CC4)n3)CC2)n1. The van der Waals surface area contributed by atoms with E-state index < -0.39 is 0 Å². The van der Waals surface area contributed by atoms with E-state index in [-0.39, 0.29) is 5.56 Å². The molecule has 0 bridgehead atoms. The normalized spacial score (nSPS) is 18.8. The fraction of sp³-hybridized carbons (Fsp3) is 0.529. The van der Waals surface area contributed by atoms with Crippen molar-refractivity contribution in [1.82, 2.24) is 24.8 Å². The number of piperazine rings is 1. The summed E-state index contributed by atoms with van der Waals surface area (Å²) in [5, 5.41) is 0. The summed E-state index contributed by atoms with van der Waals surface area (Å²) in [7, 11) is 0. The van der Waals surface area contributed by atoms with Crippen LogP contribution >= 0.6 is 0 Å². The van der Waals surface area contributed by atoms with Crippen molar-refractivity contribution in [3.05, 3.63) is 46.0 Å². The molecule has 0 atom stereocenters. The summed E-state index contributed by atoms with van der Waals surface area (Å²) >= 11 is 0. The van der Waals surface area contributed by atoms with E-state index in [1.165, 1.54) is 0 Å². The molecule has 2 aromatic rings. The van der Waals surface area contributed by atoms with Crippen LogP contribution in [-0.4, -0.2) is 51.0 Å². The van der Waals surface area contributed by atoms with Crippen LogP contribution in [0.5, 0.6) is 0 Å². The van der Waals surface area contributed by atoms with E-state index in [0.29, 0.717) is 5.92 Å². The fourth-order valence-corrected chi connectivity index (χ4v) is 3.14. The van der Waals surface area contributed by atoms with Crippen LogP contribution in [0.3, 0.4) is 0 Å². The molecule has 2 aliphatic rings. The lowest BCUT2D eigenvalue weighted by molar-refractivity contribution is 0.246. The van der Waals surface area contributed by atoms with Gasteiger partial charge in [0, 0.05) is 50.9 Å². The number of hydrogen-bond donors (Lipinski definition) is 1. The molecule has 2 fully saturated rings. The molecule has 0 radical (unpaired) electrons. The molecule has 7 heteroatoms. The molecule has 1 aliphatic heterocycles. The molecule has 126 valence electrons. The Morgan fingerprint density at radius 1 is 1.21 bits per heavy atom. The predicted octanol–water partition coefficient (Wildman–Crippen LogP) is 1.07. The average molecular weight is 326 g/mol. The summed E-state index contributed by atoms with van der Waals surface area (Å²) in [6, 6.07) is 3.59. The van der Waals surface area contributed by atoms with Crippen LogP contribution in [0.25, 0.3) is 0 Å². The summed E-state index contributed by atoms with van der Waals surface area (Å²) < 4.78 is 0. The highest BCUT2D eigenvalue weighted by atomic mass is 16.1. The smallest absolute Gasteiger partial charge is 0.251 e. The number of aryl methyl sites for hydroxylation is 1. The minimum atomic E-state index is -0.0306. The Balaban J connectivity index is 1.39. The van der Waals surface area contributed by atoms with Crippen molar-refractivity contribution >= 4 is 5.82 Å². The third kappa shape index (κ3) is 3.46. The van der Waals surface area contributed by atoms with Gasteiger partial charge < -0.3 is 9.88 Å². The summed E-state index contributed by atoms with van der Waals surface area (Å²) in [5.74, 6) is 3.13. The maximum atomic E-state index is 11.8. The molecule has 1 saturated carbocycles. The van der Waals surface area contributed by atoms with Gasteiger partial charge in [0.2, 0.25) is 0 Å². The third-order valence-electron chi connectivity index (χ3n) is 4.62. The second-order valence-corrected chi connectivity index (χ2v) is 6.62. The summed E-state index contributed by atoms with van der Waals surface area (Å²) in [5.41, 5.74) is 0.851. The molecule has 3 heterocycles. The average Bonchev–Trinajstić information content (AvgIpc) is 3.40. The molecule has 4 rings (SSSR count). The van der Waals surface area contributed by atoms with Crippen molar-refractivity contribution in [2.45, 2.75) is 32.2 Å². The van der Waals surface area contributed by atoms with Crippen molar-refractivity contribution in [2.75, 3.05) is 31.1 Å². The van der Waals surface area contributed by atoms with E-state index in [4.69, 9.17) is 0 Å². The van der Waals surface area contributed by atoms with Gasteiger partial charge in [-0.1, -0.05) is 0 Å². The van der Waals surface area contributed by atoms with Crippen molar-refractivity contribution < 1.29 is 0 Å². The van der Waals surface area contributed by atoms with Gasteiger partial charge in [0.1, 0.15) is 17.5 Å². The molecule has 1 N–H and O–H groups in total. The van der Waals surface area contributed by atoms with Gasteiger partial charge in [-0.05, 0) is 25.8 Å². The lowest BCUT2D eigenvalue weighted by atomic mass is 10.2. The summed E-state index contributed by atoms with van der Waals surface area (Å²) in [6.45, 7) is 6.38. The van der Waals surface area contributed by atoms with Crippen molar-refractivity contribution in [2.24, 2.45) is 0 Å². The van der Waals surface area contributed by atoms with Gasteiger partial charge in [-0.15, -0.1) is 0 Å². The molecule has 1 saturated heterocycles. The first-order valence-electron chi connectivity index (χ1n) is 8.54. The first-order valence-corrected chi connectivity index (χ1v) is 8.54. The van der Waals surface area contributed by atoms with Crippen molar-refractivity contribution in [3.63, 3.8) is 0 Å². The summed E-state index contributed by atoms with van der Waals surface area (Å²) in [6.07, 6.45) is 4.09. The molecule has 7 nitrogen and oxygen atoms in total. The zero-order valence-corrected chi connectivity index (χ0v) is 13.9. The highest BCUT2D eigenvalue weighted by Gasteiger charge is 2.27. The number of aromatic nitrogens is 4. The topological polar surface area (TPSA) is 78.0 Å². The predicted molar refractivity (Wildman–Crippen MR) is 91.1 cm³/mol. The lowest BCUT2D eigenvalue weighted by Gasteiger charge is -2.35. The number of anilines is 1. The molecular weight excluding hydrogens is 304 g/mol. The first-order chi connectivity index (χ1) is 11.7. The minimum absolute atomic E-state index is 0.0306. The Bertz CT molecular complexity index is 777. The van der Waals surface area contributed by atoms with Gasteiger partial charge in [0.25, 0.3) is 5.56 Å². The molecule has 0 amide bonds. The van der Waals surface area contributed by atoms with Gasteiger partial charge in [0.05, 0.1) is 5.69 Å². The Kier molecular flexibility index (Phi) is 4.02. The second kappa shape index (κ2) is 6.32. The zero-order valence-electron chi connectivity index (χ0n) is 13.9. The maximum absolute atomic E-state index is 11.8. The zero-order chi connectivity index (χ0) is 16.5. The van der Waals surface area contributed by atoms with Crippen LogP contribution in [0.15, 0.2) is 23.1 Å². The summed E-state index contributed by atoms with van der Waals surface area (Å²) in [4.78, 5) is 32.6. The van der Waals surface area contributed by atoms with Crippen LogP contribution in [0.4, 0.5) is 5.82 Å². The van der Waals surface area contributed by atoms with Gasteiger partial charge in [-0.2, -0.15) is 0 Å². The minimum Gasteiger partial charge on any atom is -0.354 e. The number of aromatic amines is 1. The Morgan fingerprint density at radius 2 is 2.00 bits per heavy atom. The molecule has 0 unspecified atom stereocenters. The number of rotatable bonds is 4. The van der Waals surface area contributed by atoms with Crippen molar-refractivity contribution in [3.8, 4) is 0 Å². The number of H-pyrrole nitrogens is 1. The standard InChI is InChI=1S/C17H22N6O/c1-12-18-5-4-15(19-12)23-8-6-22(7-9-23)11-14-10-16(24)21-17(20-14)13-2-3-13/h4-5,10,13H,2-3,6-9,11H2,1H3,(H,20,21,24). The Labute approximate surface area is 140 Å². The fourth-order valence-electron chi connectivity index (χ4n) is 3.14.